The number of amides is 2. The van der Waals surface area contributed by atoms with E-state index in [0.29, 0.717) is 5.11 Å². The fraction of sp³-hybridized carbons (Fsp3) is 0.400. The van der Waals surface area contributed by atoms with Gasteiger partial charge in [-0.2, -0.15) is 18.4 Å². The maximum Gasteiger partial charge on any atom is 0.471 e. The first-order valence-corrected chi connectivity index (χ1v) is 7.17. The molecular formula is C10H16F3N7O2S3. The van der Waals surface area contributed by atoms with E-state index in [1.54, 1.807) is 6.07 Å². The van der Waals surface area contributed by atoms with E-state index in [4.69, 9.17) is 16.7 Å². The van der Waals surface area contributed by atoms with Gasteiger partial charge in [-0.25, -0.2) is 0 Å². The van der Waals surface area contributed by atoms with Crippen LogP contribution in [0.1, 0.15) is 13.3 Å². The molecule has 0 heterocycles. The standard InChI is InChI=1S/C4H5N3OS.C3H3F3N2OS.C3H8N2S/c5-2-1-3(8)7-4(6)9;4-3(5,6)1(9)8-2(7)10;1-2-5-3(4)6/h1H2,(H3,6,7,8,9);(H3,7,8,9,10);2H2,1H3,(H3,4,5,6). The van der Waals surface area contributed by atoms with Gasteiger partial charge in [-0.1, -0.05) is 0 Å². The molecule has 0 radical (unpaired) electrons. The molecule has 142 valence electrons. The minimum absolute atomic E-state index is 0.102. The average molecular weight is 419 g/mol. The number of halogens is 3. The van der Waals surface area contributed by atoms with Crippen molar-refractivity contribution in [2.45, 2.75) is 19.5 Å². The van der Waals surface area contributed by atoms with Gasteiger partial charge in [0.25, 0.3) is 0 Å². The fourth-order valence-electron chi connectivity index (χ4n) is 0.610. The normalized spacial score (nSPS) is 8.76. The van der Waals surface area contributed by atoms with E-state index >= 15 is 0 Å². The van der Waals surface area contributed by atoms with Gasteiger partial charge in [0.1, 0.15) is 6.42 Å². The molecule has 0 atom stereocenters. The highest BCUT2D eigenvalue weighted by atomic mass is 32.1. The monoisotopic (exact) mass is 419 g/mol. The summed E-state index contributed by atoms with van der Waals surface area (Å²) < 4.78 is 33.8. The van der Waals surface area contributed by atoms with Gasteiger partial charge in [-0.3, -0.25) is 14.9 Å². The van der Waals surface area contributed by atoms with Crippen LogP contribution >= 0.6 is 36.7 Å². The lowest BCUT2D eigenvalue weighted by Gasteiger charge is -2.04. The Morgan fingerprint density at radius 2 is 1.48 bits per heavy atom. The highest BCUT2D eigenvalue weighted by Crippen LogP contribution is 2.13. The van der Waals surface area contributed by atoms with Crippen LogP contribution in [0.15, 0.2) is 0 Å². The Morgan fingerprint density at radius 3 is 1.64 bits per heavy atom. The molecule has 0 aromatic carbocycles. The number of nitriles is 1. The summed E-state index contributed by atoms with van der Waals surface area (Å²) in [6.07, 6.45) is -5.14. The van der Waals surface area contributed by atoms with E-state index in [0.717, 1.165) is 6.54 Å². The van der Waals surface area contributed by atoms with E-state index in [1.165, 1.54) is 5.32 Å². The van der Waals surface area contributed by atoms with Gasteiger partial charge in [-0.05, 0) is 43.6 Å². The summed E-state index contributed by atoms with van der Waals surface area (Å²) in [6.45, 7) is 2.76. The highest BCUT2D eigenvalue weighted by Gasteiger charge is 2.38. The molecule has 0 aliphatic carbocycles. The number of carbonyl (C=O) groups is 2. The van der Waals surface area contributed by atoms with Crippen molar-refractivity contribution < 1.29 is 22.8 Å². The van der Waals surface area contributed by atoms with Crippen LogP contribution in [-0.2, 0) is 9.59 Å². The zero-order chi connectivity index (χ0) is 20.6. The second kappa shape index (κ2) is 15.2. The molecule has 0 bridgehead atoms. The van der Waals surface area contributed by atoms with Crippen molar-refractivity contribution in [1.29, 1.82) is 5.26 Å². The van der Waals surface area contributed by atoms with Crippen molar-refractivity contribution >= 4 is 63.8 Å². The lowest BCUT2D eigenvalue weighted by Crippen LogP contribution is -2.43. The van der Waals surface area contributed by atoms with Crippen LogP contribution in [0.25, 0.3) is 0 Å². The van der Waals surface area contributed by atoms with E-state index in [9.17, 15) is 22.8 Å². The summed E-state index contributed by atoms with van der Waals surface area (Å²) in [5.41, 5.74) is 14.5. The molecule has 2 amide bonds. The number of rotatable bonds is 2. The molecule has 0 saturated carbocycles. The van der Waals surface area contributed by atoms with Gasteiger partial charge in [0, 0.05) is 6.54 Å². The summed E-state index contributed by atoms with van der Waals surface area (Å²) in [5.74, 6) is -2.62. The molecule has 0 fully saturated rings. The SMILES string of the molecule is CCNC(N)=S.N#CCC(=O)NC(N)=S.NC(=S)NC(=O)C(F)(F)F. The third-order valence-electron chi connectivity index (χ3n) is 1.35. The molecule has 0 saturated heterocycles. The Labute approximate surface area is 157 Å². The van der Waals surface area contributed by atoms with Crippen molar-refractivity contribution in [1.82, 2.24) is 16.0 Å². The van der Waals surface area contributed by atoms with Crippen LogP contribution in [-0.4, -0.2) is 39.9 Å². The Morgan fingerprint density at radius 1 is 1.04 bits per heavy atom. The lowest BCUT2D eigenvalue weighted by atomic mass is 10.4. The molecule has 0 aliphatic rings. The molecular weight excluding hydrogens is 403 g/mol. The number of nitrogens with zero attached hydrogens (tertiary/aromatic N) is 1. The van der Waals surface area contributed by atoms with E-state index in [2.05, 4.69) is 53.0 Å². The minimum Gasteiger partial charge on any atom is -0.376 e. The number of nitrogens with two attached hydrogens (primary N) is 3. The number of hydrogen-bond acceptors (Lipinski definition) is 6. The van der Waals surface area contributed by atoms with E-state index in [-0.39, 0.29) is 11.5 Å². The van der Waals surface area contributed by atoms with Crippen LogP contribution in [0.5, 0.6) is 0 Å². The number of thiocarbonyl (C=S) groups is 3. The molecule has 25 heavy (non-hydrogen) atoms. The lowest BCUT2D eigenvalue weighted by molar-refractivity contribution is -0.171. The van der Waals surface area contributed by atoms with Gasteiger partial charge in [0.15, 0.2) is 15.3 Å². The zero-order valence-electron chi connectivity index (χ0n) is 12.8. The van der Waals surface area contributed by atoms with Gasteiger partial charge >= 0.3 is 12.1 Å². The predicted molar refractivity (Wildman–Crippen MR) is 96.6 cm³/mol. The number of nitrogens with one attached hydrogen (secondary N) is 3. The van der Waals surface area contributed by atoms with Crippen molar-refractivity contribution in [2.75, 3.05) is 6.54 Å². The zero-order valence-corrected chi connectivity index (χ0v) is 15.2. The van der Waals surface area contributed by atoms with Crippen molar-refractivity contribution in [3.63, 3.8) is 0 Å². The molecule has 0 aromatic heterocycles. The number of carbonyl (C=O) groups excluding carboxylic acids is 2. The molecule has 0 unspecified atom stereocenters. The number of alkyl halides is 3. The van der Waals surface area contributed by atoms with Crippen molar-refractivity contribution in [2.24, 2.45) is 17.2 Å². The summed E-state index contributed by atoms with van der Waals surface area (Å²) in [6, 6.07) is 1.65. The average Bonchev–Trinajstić information content (AvgIpc) is 2.37. The van der Waals surface area contributed by atoms with Gasteiger partial charge in [0.2, 0.25) is 5.91 Å². The van der Waals surface area contributed by atoms with Gasteiger partial charge in [0.05, 0.1) is 6.07 Å². The first-order valence-electron chi connectivity index (χ1n) is 5.94. The first-order chi connectivity index (χ1) is 11.3. The first kappa shape index (κ1) is 27.5. The third kappa shape index (κ3) is 26.9. The second-order valence-corrected chi connectivity index (χ2v) is 4.78. The minimum atomic E-state index is -4.93. The topological polar surface area (TPSA) is 172 Å². The molecule has 9 nitrogen and oxygen atoms in total. The third-order valence-corrected chi connectivity index (χ3v) is 1.70. The summed E-state index contributed by atoms with van der Waals surface area (Å²) in [5, 5.41) is 13.6. The Hall–Kier alpha value is -2.31. The molecule has 15 heteroatoms. The summed E-state index contributed by atoms with van der Waals surface area (Å²) >= 11 is 12.8. The van der Waals surface area contributed by atoms with E-state index < -0.39 is 23.1 Å². The van der Waals surface area contributed by atoms with Crippen molar-refractivity contribution in [3.8, 4) is 6.07 Å². The number of hydrogen-bond donors (Lipinski definition) is 6. The summed E-state index contributed by atoms with van der Waals surface area (Å²) in [7, 11) is 0. The Balaban J connectivity index is -0.000000300. The van der Waals surface area contributed by atoms with Crippen LogP contribution in [0.2, 0.25) is 0 Å². The molecule has 0 aromatic rings. The maximum absolute atomic E-state index is 11.3. The van der Waals surface area contributed by atoms with E-state index in [1.807, 2.05) is 6.92 Å². The molecule has 9 N–H and O–H groups in total. The molecule has 0 rings (SSSR count). The van der Waals surface area contributed by atoms with Crippen molar-refractivity contribution in [3.05, 3.63) is 0 Å². The molecule has 0 aliphatic heterocycles. The van der Waals surface area contributed by atoms with Gasteiger partial charge < -0.3 is 27.8 Å². The maximum atomic E-state index is 11.3. The second-order valence-electron chi connectivity index (χ2n) is 3.46. The highest BCUT2D eigenvalue weighted by molar-refractivity contribution is 7.80. The largest absolute Gasteiger partial charge is 0.471 e. The fourth-order valence-corrected chi connectivity index (χ4v) is 0.961. The predicted octanol–water partition coefficient (Wildman–Crippen LogP) is -0.992. The van der Waals surface area contributed by atoms with Crippen LogP contribution in [0.4, 0.5) is 13.2 Å². The Kier molecular flexibility index (Phi) is 16.8. The van der Waals surface area contributed by atoms with Crippen LogP contribution < -0.4 is 33.2 Å². The quantitative estimate of drug-likeness (QED) is 0.305. The molecule has 0 spiro atoms. The van der Waals surface area contributed by atoms with Crippen LogP contribution in [0, 0.1) is 11.3 Å². The van der Waals surface area contributed by atoms with Crippen LogP contribution in [0.3, 0.4) is 0 Å². The smallest absolute Gasteiger partial charge is 0.376 e. The van der Waals surface area contributed by atoms with Gasteiger partial charge in [-0.15, -0.1) is 0 Å². The summed E-state index contributed by atoms with van der Waals surface area (Å²) in [4.78, 5) is 20.2. The Bertz CT molecular complexity index is 535.